The van der Waals surface area contributed by atoms with E-state index in [2.05, 4.69) is 26.5 Å². The summed E-state index contributed by atoms with van der Waals surface area (Å²) < 4.78 is 0.855. The SMILES string of the molecule is O=C(N/N=C/c1ccc([N+](=O)[O-])c(O)c1)c1ccc(Br)cc1. The second-order valence-corrected chi connectivity index (χ2v) is 5.13. The quantitative estimate of drug-likeness (QED) is 0.494. The fraction of sp³-hybridized carbons (Fsp3) is 0. The molecule has 0 aliphatic heterocycles. The highest BCUT2D eigenvalue weighted by molar-refractivity contribution is 9.10. The predicted molar refractivity (Wildman–Crippen MR) is 84.0 cm³/mol. The van der Waals surface area contributed by atoms with Crippen molar-refractivity contribution in [2.75, 3.05) is 0 Å². The smallest absolute Gasteiger partial charge is 0.310 e. The number of nitro benzene ring substituents is 1. The Morgan fingerprint density at radius 2 is 1.95 bits per heavy atom. The Balaban J connectivity index is 2.03. The number of nitro groups is 1. The number of nitrogens with zero attached hydrogens (tertiary/aromatic N) is 2. The molecule has 0 saturated carbocycles. The van der Waals surface area contributed by atoms with Crippen molar-refractivity contribution in [3.05, 3.63) is 68.2 Å². The van der Waals surface area contributed by atoms with E-state index in [0.717, 1.165) is 10.5 Å². The molecule has 0 aromatic heterocycles. The van der Waals surface area contributed by atoms with Gasteiger partial charge in [-0.3, -0.25) is 14.9 Å². The first-order chi connectivity index (χ1) is 10.5. The van der Waals surface area contributed by atoms with Crippen LogP contribution in [-0.4, -0.2) is 22.2 Å². The highest BCUT2D eigenvalue weighted by Gasteiger charge is 2.12. The van der Waals surface area contributed by atoms with Crippen LogP contribution in [-0.2, 0) is 0 Å². The number of carbonyl (C=O) groups is 1. The van der Waals surface area contributed by atoms with Crippen molar-refractivity contribution in [1.82, 2.24) is 5.43 Å². The molecule has 0 atom stereocenters. The van der Waals surface area contributed by atoms with Gasteiger partial charge in [0.15, 0.2) is 5.75 Å². The molecule has 2 rings (SSSR count). The second-order valence-electron chi connectivity index (χ2n) is 4.21. The highest BCUT2D eigenvalue weighted by Crippen LogP contribution is 2.25. The van der Waals surface area contributed by atoms with E-state index in [1.165, 1.54) is 18.3 Å². The van der Waals surface area contributed by atoms with Gasteiger partial charge in [0.2, 0.25) is 0 Å². The molecule has 2 aromatic carbocycles. The van der Waals surface area contributed by atoms with Crippen LogP contribution < -0.4 is 5.43 Å². The van der Waals surface area contributed by atoms with E-state index in [9.17, 15) is 20.0 Å². The lowest BCUT2D eigenvalue weighted by atomic mass is 10.2. The molecule has 0 saturated heterocycles. The number of hydrazone groups is 1. The first-order valence-corrected chi connectivity index (χ1v) is 6.83. The molecule has 112 valence electrons. The summed E-state index contributed by atoms with van der Waals surface area (Å²) in [6, 6.07) is 10.5. The molecular weight excluding hydrogens is 354 g/mol. The number of aromatic hydroxyl groups is 1. The molecule has 8 heteroatoms. The van der Waals surface area contributed by atoms with Crippen LogP contribution in [0.5, 0.6) is 5.75 Å². The van der Waals surface area contributed by atoms with Crippen LogP contribution in [0.2, 0.25) is 0 Å². The van der Waals surface area contributed by atoms with Gasteiger partial charge in [-0.2, -0.15) is 5.10 Å². The molecular formula is C14H10BrN3O4. The monoisotopic (exact) mass is 363 g/mol. The Morgan fingerprint density at radius 1 is 1.27 bits per heavy atom. The van der Waals surface area contributed by atoms with Crippen molar-refractivity contribution in [2.45, 2.75) is 0 Å². The van der Waals surface area contributed by atoms with Gasteiger partial charge in [0.25, 0.3) is 5.91 Å². The number of hydrogen-bond acceptors (Lipinski definition) is 5. The van der Waals surface area contributed by atoms with Gasteiger partial charge in [-0.15, -0.1) is 0 Å². The number of rotatable bonds is 4. The van der Waals surface area contributed by atoms with E-state index in [1.54, 1.807) is 24.3 Å². The minimum atomic E-state index is -0.689. The van der Waals surface area contributed by atoms with Gasteiger partial charge in [-0.05, 0) is 42.0 Å². The van der Waals surface area contributed by atoms with Crippen LogP contribution in [0.25, 0.3) is 0 Å². The van der Waals surface area contributed by atoms with Crippen molar-refractivity contribution >= 4 is 33.7 Å². The van der Waals surface area contributed by atoms with Crippen LogP contribution in [0.15, 0.2) is 52.0 Å². The van der Waals surface area contributed by atoms with E-state index in [0.29, 0.717) is 11.1 Å². The summed E-state index contributed by atoms with van der Waals surface area (Å²) in [5, 5.41) is 23.8. The average Bonchev–Trinajstić information content (AvgIpc) is 2.47. The van der Waals surface area contributed by atoms with Gasteiger partial charge in [0, 0.05) is 16.1 Å². The van der Waals surface area contributed by atoms with Crippen LogP contribution in [0.3, 0.4) is 0 Å². The van der Waals surface area contributed by atoms with E-state index in [4.69, 9.17) is 0 Å². The first kappa shape index (κ1) is 15.6. The molecule has 2 N–H and O–H groups in total. The standard InChI is InChI=1S/C14H10BrN3O4/c15-11-4-2-10(3-5-11)14(20)17-16-8-9-1-6-12(18(21)22)13(19)7-9/h1-8,19H,(H,17,20)/b16-8+. The maximum Gasteiger partial charge on any atom is 0.310 e. The minimum absolute atomic E-state index is 0.393. The number of phenolic OH excluding ortho intramolecular Hbond substituents is 1. The maximum absolute atomic E-state index is 11.8. The third-order valence-electron chi connectivity index (χ3n) is 2.68. The largest absolute Gasteiger partial charge is 0.502 e. The lowest BCUT2D eigenvalue weighted by Gasteiger charge is -2.00. The molecule has 1 amide bonds. The van der Waals surface area contributed by atoms with Gasteiger partial charge in [0.1, 0.15) is 0 Å². The third-order valence-corrected chi connectivity index (χ3v) is 3.21. The molecule has 0 fully saturated rings. The normalized spacial score (nSPS) is 10.6. The number of benzene rings is 2. The van der Waals surface area contributed by atoms with Crippen LogP contribution in [0.4, 0.5) is 5.69 Å². The van der Waals surface area contributed by atoms with Gasteiger partial charge < -0.3 is 5.11 Å². The van der Waals surface area contributed by atoms with Gasteiger partial charge in [-0.1, -0.05) is 15.9 Å². The van der Waals surface area contributed by atoms with Gasteiger partial charge in [-0.25, -0.2) is 5.43 Å². The van der Waals surface area contributed by atoms with Crippen molar-refractivity contribution in [3.8, 4) is 5.75 Å². The van der Waals surface area contributed by atoms with Crippen molar-refractivity contribution in [3.63, 3.8) is 0 Å². The summed E-state index contributed by atoms with van der Waals surface area (Å²) in [7, 11) is 0. The Morgan fingerprint density at radius 3 is 2.55 bits per heavy atom. The first-order valence-electron chi connectivity index (χ1n) is 6.04. The summed E-state index contributed by atoms with van der Waals surface area (Å²) in [6.45, 7) is 0. The molecule has 7 nitrogen and oxygen atoms in total. The summed E-state index contributed by atoms with van der Waals surface area (Å²) in [4.78, 5) is 21.7. The molecule has 0 aliphatic carbocycles. The van der Waals surface area contributed by atoms with E-state index in [-0.39, 0.29) is 0 Å². The van der Waals surface area contributed by atoms with E-state index >= 15 is 0 Å². The second kappa shape index (κ2) is 6.81. The Labute approximate surface area is 133 Å². The molecule has 0 radical (unpaired) electrons. The fourth-order valence-corrected chi connectivity index (χ4v) is 1.87. The highest BCUT2D eigenvalue weighted by atomic mass is 79.9. The van der Waals surface area contributed by atoms with Crippen molar-refractivity contribution < 1.29 is 14.8 Å². The number of nitrogens with one attached hydrogen (secondary N) is 1. The van der Waals surface area contributed by atoms with E-state index < -0.39 is 22.3 Å². The maximum atomic E-state index is 11.8. The number of amides is 1. The van der Waals surface area contributed by atoms with E-state index in [1.807, 2.05) is 0 Å². The summed E-state index contributed by atoms with van der Waals surface area (Å²) in [6.07, 6.45) is 1.28. The zero-order valence-electron chi connectivity index (χ0n) is 11.1. The molecule has 2 aromatic rings. The summed E-state index contributed by atoms with van der Waals surface area (Å²) in [5.41, 5.74) is 2.78. The molecule has 0 bridgehead atoms. The zero-order chi connectivity index (χ0) is 16.1. The van der Waals surface area contributed by atoms with Crippen molar-refractivity contribution in [2.24, 2.45) is 5.10 Å². The summed E-state index contributed by atoms with van der Waals surface area (Å²) >= 11 is 3.27. The Kier molecular flexibility index (Phi) is 4.84. The third kappa shape index (κ3) is 3.89. The van der Waals surface area contributed by atoms with Gasteiger partial charge in [0.05, 0.1) is 11.1 Å². The van der Waals surface area contributed by atoms with Crippen LogP contribution in [0, 0.1) is 10.1 Å². The number of halogens is 1. The number of carbonyl (C=O) groups excluding carboxylic acids is 1. The van der Waals surface area contributed by atoms with Crippen LogP contribution >= 0.6 is 15.9 Å². The van der Waals surface area contributed by atoms with Crippen LogP contribution in [0.1, 0.15) is 15.9 Å². The summed E-state index contributed by atoms with van der Waals surface area (Å²) in [5.74, 6) is -0.858. The Hall–Kier alpha value is -2.74. The number of phenols is 1. The lowest BCUT2D eigenvalue weighted by Crippen LogP contribution is -2.17. The molecule has 0 aliphatic rings. The number of hydrogen-bond donors (Lipinski definition) is 2. The van der Waals surface area contributed by atoms with Gasteiger partial charge >= 0.3 is 5.69 Å². The Bertz CT molecular complexity index is 744. The minimum Gasteiger partial charge on any atom is -0.502 e. The lowest BCUT2D eigenvalue weighted by molar-refractivity contribution is -0.385. The molecule has 22 heavy (non-hydrogen) atoms. The molecule has 0 heterocycles. The molecule has 0 unspecified atom stereocenters. The topological polar surface area (TPSA) is 105 Å². The molecule has 0 spiro atoms. The van der Waals surface area contributed by atoms with Crippen molar-refractivity contribution in [1.29, 1.82) is 0 Å². The zero-order valence-corrected chi connectivity index (χ0v) is 12.6. The fourth-order valence-electron chi connectivity index (χ4n) is 1.61. The predicted octanol–water partition coefficient (Wildman–Crippen LogP) is 2.83. The average molecular weight is 364 g/mol.